The SMILES string of the molecule is CC(C)(C)OC(=O)[C@@H](Cc1ccc(C=O)cc1)[C@H]1CCN(C(=O)OC(C)(C)C)C1. The number of benzene rings is 1. The van der Waals surface area contributed by atoms with Gasteiger partial charge in [-0.15, -0.1) is 0 Å². The number of nitrogens with zero attached hydrogens (tertiary/aromatic N) is 1. The molecular formula is C23H33NO5. The van der Waals surface area contributed by atoms with Gasteiger partial charge in [0.1, 0.15) is 17.5 Å². The molecule has 1 fully saturated rings. The van der Waals surface area contributed by atoms with E-state index in [1.54, 1.807) is 17.0 Å². The van der Waals surface area contributed by atoms with Crippen LogP contribution >= 0.6 is 0 Å². The molecule has 1 saturated heterocycles. The molecule has 1 aliphatic rings. The third-order valence-corrected chi connectivity index (χ3v) is 4.73. The maximum absolute atomic E-state index is 13.0. The van der Waals surface area contributed by atoms with Gasteiger partial charge in [-0.3, -0.25) is 9.59 Å². The number of hydrogen-bond acceptors (Lipinski definition) is 5. The number of rotatable bonds is 5. The highest BCUT2D eigenvalue weighted by atomic mass is 16.6. The van der Waals surface area contributed by atoms with Gasteiger partial charge < -0.3 is 14.4 Å². The molecule has 1 aromatic carbocycles. The van der Waals surface area contributed by atoms with Crippen LogP contribution in [0.25, 0.3) is 0 Å². The van der Waals surface area contributed by atoms with Crippen molar-refractivity contribution in [3.8, 4) is 0 Å². The van der Waals surface area contributed by atoms with Crippen LogP contribution in [0, 0.1) is 11.8 Å². The first-order chi connectivity index (χ1) is 13.4. The number of esters is 1. The van der Waals surface area contributed by atoms with Crippen LogP contribution in [0.1, 0.15) is 63.9 Å². The Labute approximate surface area is 173 Å². The lowest BCUT2D eigenvalue weighted by Gasteiger charge is -2.28. The van der Waals surface area contributed by atoms with Crippen molar-refractivity contribution >= 4 is 18.3 Å². The summed E-state index contributed by atoms with van der Waals surface area (Å²) in [7, 11) is 0. The highest BCUT2D eigenvalue weighted by molar-refractivity contribution is 5.76. The zero-order valence-electron chi connectivity index (χ0n) is 18.4. The lowest BCUT2D eigenvalue weighted by Crippen LogP contribution is -2.38. The first-order valence-electron chi connectivity index (χ1n) is 10.1. The van der Waals surface area contributed by atoms with Gasteiger partial charge in [0.05, 0.1) is 5.92 Å². The zero-order valence-corrected chi connectivity index (χ0v) is 18.4. The van der Waals surface area contributed by atoms with Crippen molar-refractivity contribution in [2.45, 2.75) is 65.6 Å². The molecule has 1 aliphatic heterocycles. The quantitative estimate of drug-likeness (QED) is 0.543. The first-order valence-corrected chi connectivity index (χ1v) is 10.1. The maximum atomic E-state index is 13.0. The summed E-state index contributed by atoms with van der Waals surface area (Å²) in [5, 5.41) is 0. The average molecular weight is 404 g/mol. The molecule has 0 spiro atoms. The minimum atomic E-state index is -0.583. The molecule has 1 heterocycles. The summed E-state index contributed by atoms with van der Waals surface area (Å²) in [4.78, 5) is 37.9. The Bertz CT molecular complexity index is 727. The second-order valence-corrected chi connectivity index (χ2v) is 9.68. The van der Waals surface area contributed by atoms with Gasteiger partial charge in [-0.05, 0) is 65.9 Å². The minimum absolute atomic E-state index is 0.0110. The predicted octanol–water partition coefficient (Wildman–Crippen LogP) is 4.26. The van der Waals surface area contributed by atoms with Crippen molar-refractivity contribution in [1.29, 1.82) is 0 Å². The van der Waals surface area contributed by atoms with Crippen LogP contribution in [0.5, 0.6) is 0 Å². The van der Waals surface area contributed by atoms with Gasteiger partial charge in [0.15, 0.2) is 0 Å². The van der Waals surface area contributed by atoms with Gasteiger partial charge >= 0.3 is 12.1 Å². The van der Waals surface area contributed by atoms with E-state index in [2.05, 4.69) is 0 Å². The van der Waals surface area contributed by atoms with Gasteiger partial charge in [-0.1, -0.05) is 24.3 Å². The molecule has 2 atom stereocenters. The fourth-order valence-electron chi connectivity index (χ4n) is 3.41. The number of hydrogen-bond donors (Lipinski definition) is 0. The highest BCUT2D eigenvalue weighted by Gasteiger charge is 2.39. The predicted molar refractivity (Wildman–Crippen MR) is 111 cm³/mol. The fourth-order valence-corrected chi connectivity index (χ4v) is 3.41. The van der Waals surface area contributed by atoms with Crippen molar-refractivity contribution in [2.24, 2.45) is 11.8 Å². The lowest BCUT2D eigenvalue weighted by atomic mass is 9.86. The molecule has 6 nitrogen and oxygen atoms in total. The first kappa shape index (κ1) is 22.9. The molecule has 160 valence electrons. The molecule has 0 aliphatic carbocycles. The highest BCUT2D eigenvalue weighted by Crippen LogP contribution is 2.30. The van der Waals surface area contributed by atoms with Gasteiger partial charge in [0.25, 0.3) is 0 Å². The van der Waals surface area contributed by atoms with E-state index in [4.69, 9.17) is 9.47 Å². The average Bonchev–Trinajstić information content (AvgIpc) is 3.07. The van der Waals surface area contributed by atoms with Crippen molar-refractivity contribution < 1.29 is 23.9 Å². The number of carbonyl (C=O) groups is 3. The van der Waals surface area contributed by atoms with E-state index in [1.165, 1.54) is 0 Å². The van der Waals surface area contributed by atoms with Crippen molar-refractivity contribution in [3.05, 3.63) is 35.4 Å². The van der Waals surface area contributed by atoms with Crippen molar-refractivity contribution in [1.82, 2.24) is 4.90 Å². The Hall–Kier alpha value is -2.37. The largest absolute Gasteiger partial charge is 0.460 e. The molecule has 29 heavy (non-hydrogen) atoms. The molecule has 0 N–H and O–H groups in total. The number of ether oxygens (including phenoxy) is 2. The fraction of sp³-hybridized carbons (Fsp3) is 0.609. The topological polar surface area (TPSA) is 72.9 Å². The van der Waals surface area contributed by atoms with E-state index in [0.29, 0.717) is 25.1 Å². The van der Waals surface area contributed by atoms with E-state index in [1.807, 2.05) is 53.7 Å². The lowest BCUT2D eigenvalue weighted by molar-refractivity contribution is -0.161. The van der Waals surface area contributed by atoms with Crippen molar-refractivity contribution in [2.75, 3.05) is 13.1 Å². The summed E-state index contributed by atoms with van der Waals surface area (Å²) in [6, 6.07) is 7.22. The Morgan fingerprint density at radius 2 is 1.66 bits per heavy atom. The molecule has 0 radical (unpaired) electrons. The van der Waals surface area contributed by atoms with Crippen LogP contribution in [-0.4, -0.2) is 47.5 Å². The van der Waals surface area contributed by atoms with E-state index in [9.17, 15) is 14.4 Å². The number of carbonyl (C=O) groups excluding carboxylic acids is 3. The third kappa shape index (κ3) is 7.18. The minimum Gasteiger partial charge on any atom is -0.460 e. The van der Waals surface area contributed by atoms with Gasteiger partial charge in [0.2, 0.25) is 0 Å². The molecule has 2 rings (SSSR count). The van der Waals surface area contributed by atoms with Crippen LogP contribution < -0.4 is 0 Å². The monoisotopic (exact) mass is 403 g/mol. The van der Waals surface area contributed by atoms with Gasteiger partial charge in [-0.2, -0.15) is 0 Å². The third-order valence-electron chi connectivity index (χ3n) is 4.73. The standard InChI is InChI=1S/C23H33NO5/c1-22(2,3)28-20(26)19(13-16-7-9-17(15-25)10-8-16)18-11-12-24(14-18)21(27)29-23(4,5)6/h7-10,15,18-19H,11-14H2,1-6H3/t18-,19-/m0/s1. The Balaban J connectivity index is 2.15. The van der Waals surface area contributed by atoms with Crippen LogP contribution in [0.4, 0.5) is 4.79 Å². The van der Waals surface area contributed by atoms with Gasteiger partial charge in [0, 0.05) is 18.7 Å². The summed E-state index contributed by atoms with van der Waals surface area (Å²) in [6.45, 7) is 12.1. The number of likely N-dealkylation sites (tertiary alicyclic amines) is 1. The molecule has 0 saturated carbocycles. The normalized spacial score (nSPS) is 18.3. The zero-order chi connectivity index (χ0) is 21.8. The molecule has 1 amide bonds. The Kier molecular flexibility index (Phi) is 7.09. The summed E-state index contributed by atoms with van der Waals surface area (Å²) < 4.78 is 11.1. The summed E-state index contributed by atoms with van der Waals surface area (Å²) >= 11 is 0. The molecule has 0 aromatic heterocycles. The molecule has 1 aromatic rings. The van der Waals surface area contributed by atoms with Crippen LogP contribution in [-0.2, 0) is 20.7 Å². The van der Waals surface area contributed by atoms with Crippen LogP contribution in [0.3, 0.4) is 0 Å². The van der Waals surface area contributed by atoms with Crippen LogP contribution in [0.2, 0.25) is 0 Å². The second-order valence-electron chi connectivity index (χ2n) is 9.68. The van der Waals surface area contributed by atoms with Crippen LogP contribution in [0.15, 0.2) is 24.3 Å². The molecular weight excluding hydrogens is 370 g/mol. The number of amides is 1. The van der Waals surface area contributed by atoms with E-state index in [0.717, 1.165) is 18.3 Å². The summed E-state index contributed by atoms with van der Waals surface area (Å²) in [5.41, 5.74) is 0.418. The van der Waals surface area contributed by atoms with E-state index in [-0.39, 0.29) is 23.9 Å². The maximum Gasteiger partial charge on any atom is 0.410 e. The number of aldehydes is 1. The summed E-state index contributed by atoms with van der Waals surface area (Å²) in [5.74, 6) is -0.639. The van der Waals surface area contributed by atoms with E-state index >= 15 is 0 Å². The molecule has 0 unspecified atom stereocenters. The smallest absolute Gasteiger partial charge is 0.410 e. The van der Waals surface area contributed by atoms with E-state index < -0.39 is 11.2 Å². The Morgan fingerprint density at radius 1 is 1.07 bits per heavy atom. The van der Waals surface area contributed by atoms with Crippen molar-refractivity contribution in [3.63, 3.8) is 0 Å². The molecule has 0 bridgehead atoms. The van der Waals surface area contributed by atoms with Gasteiger partial charge in [-0.25, -0.2) is 4.79 Å². The molecule has 6 heteroatoms. The Morgan fingerprint density at radius 3 is 2.17 bits per heavy atom. The summed E-state index contributed by atoms with van der Waals surface area (Å²) in [6.07, 6.45) is 1.67. The second kappa shape index (κ2) is 8.97.